The number of rotatable bonds is 6. The van der Waals surface area contributed by atoms with E-state index >= 15 is 0 Å². The van der Waals surface area contributed by atoms with Crippen molar-refractivity contribution in [2.75, 3.05) is 25.0 Å². The SMILES string of the molecule is CC(C)COC(=O)N1CC(Oc2nc(Cl)ccc2NC(=O)c2ccnc(Cl)c2)C1. The molecule has 3 heterocycles. The molecule has 1 aliphatic rings. The zero-order valence-electron chi connectivity index (χ0n) is 15.9. The van der Waals surface area contributed by atoms with Gasteiger partial charge in [0, 0.05) is 11.8 Å². The quantitative estimate of drug-likeness (QED) is 0.687. The van der Waals surface area contributed by atoms with E-state index in [1.807, 2.05) is 13.8 Å². The third-order valence-electron chi connectivity index (χ3n) is 3.99. The highest BCUT2D eigenvalue weighted by Gasteiger charge is 2.34. The topological polar surface area (TPSA) is 93.6 Å². The zero-order valence-corrected chi connectivity index (χ0v) is 17.4. The summed E-state index contributed by atoms with van der Waals surface area (Å²) in [6, 6.07) is 6.13. The lowest BCUT2D eigenvalue weighted by molar-refractivity contribution is 0.00653. The Bertz CT molecular complexity index is 904. The first kappa shape index (κ1) is 21.1. The molecule has 0 saturated carbocycles. The van der Waals surface area contributed by atoms with Gasteiger partial charge in [0.15, 0.2) is 0 Å². The van der Waals surface area contributed by atoms with Gasteiger partial charge in [0.05, 0.1) is 19.7 Å². The lowest BCUT2D eigenvalue weighted by Crippen LogP contribution is -2.56. The van der Waals surface area contributed by atoms with Crippen LogP contribution in [-0.4, -0.2) is 52.7 Å². The van der Waals surface area contributed by atoms with Crippen molar-refractivity contribution in [2.24, 2.45) is 5.92 Å². The smallest absolute Gasteiger partial charge is 0.410 e. The number of carbonyl (C=O) groups is 2. The van der Waals surface area contributed by atoms with Crippen LogP contribution in [0.15, 0.2) is 30.5 Å². The van der Waals surface area contributed by atoms with E-state index in [4.69, 9.17) is 32.7 Å². The average molecular weight is 439 g/mol. The Morgan fingerprint density at radius 3 is 2.69 bits per heavy atom. The van der Waals surface area contributed by atoms with Crippen molar-refractivity contribution in [3.63, 3.8) is 0 Å². The highest BCUT2D eigenvalue weighted by Crippen LogP contribution is 2.28. The fraction of sp³-hybridized carbons (Fsp3) is 0.368. The molecule has 8 nitrogen and oxygen atoms in total. The van der Waals surface area contributed by atoms with E-state index in [-0.39, 0.29) is 34.3 Å². The molecule has 0 aliphatic carbocycles. The van der Waals surface area contributed by atoms with E-state index in [0.29, 0.717) is 30.9 Å². The van der Waals surface area contributed by atoms with Crippen LogP contribution in [0.2, 0.25) is 10.3 Å². The molecule has 0 bridgehead atoms. The van der Waals surface area contributed by atoms with E-state index in [2.05, 4.69) is 15.3 Å². The summed E-state index contributed by atoms with van der Waals surface area (Å²) < 4.78 is 11.0. The number of aromatic nitrogens is 2. The molecule has 2 amide bonds. The maximum absolute atomic E-state index is 12.5. The fourth-order valence-corrected chi connectivity index (χ4v) is 2.80. The van der Waals surface area contributed by atoms with Gasteiger partial charge in [0.25, 0.3) is 5.91 Å². The number of likely N-dealkylation sites (tertiary alicyclic amines) is 1. The van der Waals surface area contributed by atoms with E-state index in [1.165, 1.54) is 23.2 Å². The summed E-state index contributed by atoms with van der Waals surface area (Å²) in [6.07, 6.45) is 0.787. The molecule has 1 aliphatic heterocycles. The van der Waals surface area contributed by atoms with Gasteiger partial charge < -0.3 is 19.7 Å². The standard InChI is InChI=1S/C19H20Cl2N4O4/c1-11(2)10-28-19(27)25-8-13(9-25)29-18-14(3-4-15(20)24-18)23-17(26)12-5-6-22-16(21)7-12/h3-7,11,13H,8-10H2,1-2H3,(H,23,26). The van der Waals surface area contributed by atoms with Crippen LogP contribution in [0.3, 0.4) is 0 Å². The Hall–Kier alpha value is -2.58. The molecule has 0 unspecified atom stereocenters. The molecule has 0 aromatic carbocycles. The number of halogens is 2. The normalized spacial score (nSPS) is 13.8. The number of hydrogen-bond acceptors (Lipinski definition) is 6. The number of carbonyl (C=O) groups excluding carboxylic acids is 2. The molecule has 3 rings (SSSR count). The molecule has 0 radical (unpaired) electrons. The Labute approximate surface area is 178 Å². The van der Waals surface area contributed by atoms with E-state index < -0.39 is 5.91 Å². The molecule has 0 atom stereocenters. The van der Waals surface area contributed by atoms with Crippen LogP contribution in [0.5, 0.6) is 5.88 Å². The summed E-state index contributed by atoms with van der Waals surface area (Å²) in [5.41, 5.74) is 0.696. The minimum atomic E-state index is -0.393. The largest absolute Gasteiger partial charge is 0.469 e. The number of nitrogens with one attached hydrogen (secondary N) is 1. The zero-order chi connectivity index (χ0) is 21.0. The van der Waals surface area contributed by atoms with Crippen LogP contribution in [-0.2, 0) is 4.74 Å². The van der Waals surface area contributed by atoms with Crippen molar-refractivity contribution in [2.45, 2.75) is 20.0 Å². The van der Waals surface area contributed by atoms with Crippen LogP contribution in [0.1, 0.15) is 24.2 Å². The summed E-state index contributed by atoms with van der Waals surface area (Å²) >= 11 is 11.8. The summed E-state index contributed by atoms with van der Waals surface area (Å²) in [7, 11) is 0. The summed E-state index contributed by atoms with van der Waals surface area (Å²) in [5, 5.41) is 3.16. The molecule has 10 heteroatoms. The van der Waals surface area contributed by atoms with Gasteiger partial charge in [-0.1, -0.05) is 37.0 Å². The van der Waals surface area contributed by atoms with Crippen molar-refractivity contribution in [1.82, 2.24) is 14.9 Å². The third kappa shape index (κ3) is 5.71. The first-order valence-electron chi connectivity index (χ1n) is 8.99. The molecule has 1 N–H and O–H groups in total. The van der Waals surface area contributed by atoms with Gasteiger partial charge in [0.1, 0.15) is 22.1 Å². The Balaban J connectivity index is 1.61. The summed E-state index contributed by atoms with van der Waals surface area (Å²) in [5.74, 6) is 0.0475. The minimum Gasteiger partial charge on any atom is -0.469 e. The average Bonchev–Trinajstić information content (AvgIpc) is 2.64. The first-order chi connectivity index (χ1) is 13.8. The molecule has 29 heavy (non-hydrogen) atoms. The van der Waals surface area contributed by atoms with Crippen LogP contribution in [0, 0.1) is 5.92 Å². The molecule has 1 fully saturated rings. The Morgan fingerprint density at radius 1 is 1.24 bits per heavy atom. The lowest BCUT2D eigenvalue weighted by atomic mass is 10.2. The van der Waals surface area contributed by atoms with Gasteiger partial charge in [-0.3, -0.25) is 4.79 Å². The van der Waals surface area contributed by atoms with Crippen LogP contribution in [0.25, 0.3) is 0 Å². The third-order valence-corrected chi connectivity index (χ3v) is 4.41. The van der Waals surface area contributed by atoms with Crippen LogP contribution < -0.4 is 10.1 Å². The van der Waals surface area contributed by atoms with E-state index in [9.17, 15) is 9.59 Å². The van der Waals surface area contributed by atoms with E-state index in [1.54, 1.807) is 12.1 Å². The van der Waals surface area contributed by atoms with Gasteiger partial charge in [-0.05, 0) is 30.2 Å². The summed E-state index contributed by atoms with van der Waals surface area (Å²) in [6.45, 7) is 5.02. The predicted octanol–water partition coefficient (Wildman–Crippen LogP) is 3.89. The van der Waals surface area contributed by atoms with Crippen molar-refractivity contribution < 1.29 is 19.1 Å². The number of pyridine rings is 2. The maximum Gasteiger partial charge on any atom is 0.410 e. The van der Waals surface area contributed by atoms with Crippen molar-refractivity contribution >= 4 is 40.9 Å². The maximum atomic E-state index is 12.5. The molecule has 1 saturated heterocycles. The van der Waals surface area contributed by atoms with Crippen molar-refractivity contribution in [1.29, 1.82) is 0 Å². The second kappa shape index (κ2) is 9.28. The van der Waals surface area contributed by atoms with E-state index in [0.717, 1.165) is 0 Å². The number of anilines is 1. The number of ether oxygens (including phenoxy) is 2. The lowest BCUT2D eigenvalue weighted by Gasteiger charge is -2.38. The van der Waals surface area contributed by atoms with Gasteiger partial charge >= 0.3 is 6.09 Å². The Morgan fingerprint density at radius 2 is 2.00 bits per heavy atom. The molecular formula is C19H20Cl2N4O4. The van der Waals surface area contributed by atoms with Gasteiger partial charge in [-0.25, -0.2) is 9.78 Å². The molecule has 0 spiro atoms. The second-order valence-corrected chi connectivity index (χ2v) is 7.70. The monoisotopic (exact) mass is 438 g/mol. The molecule has 2 aromatic heterocycles. The highest BCUT2D eigenvalue weighted by atomic mass is 35.5. The van der Waals surface area contributed by atoms with Gasteiger partial charge in [0.2, 0.25) is 5.88 Å². The van der Waals surface area contributed by atoms with Gasteiger partial charge in [-0.2, -0.15) is 4.98 Å². The number of hydrogen-bond donors (Lipinski definition) is 1. The second-order valence-electron chi connectivity index (χ2n) is 6.92. The minimum absolute atomic E-state index is 0.172. The molecular weight excluding hydrogens is 419 g/mol. The molecule has 154 valence electrons. The first-order valence-corrected chi connectivity index (χ1v) is 9.75. The predicted molar refractivity (Wildman–Crippen MR) is 109 cm³/mol. The molecule has 2 aromatic rings. The Kier molecular flexibility index (Phi) is 6.76. The van der Waals surface area contributed by atoms with Crippen LogP contribution >= 0.6 is 23.2 Å². The van der Waals surface area contributed by atoms with Gasteiger partial charge in [-0.15, -0.1) is 0 Å². The number of nitrogens with zero attached hydrogens (tertiary/aromatic N) is 3. The van der Waals surface area contributed by atoms with Crippen molar-refractivity contribution in [3.05, 3.63) is 46.3 Å². The van der Waals surface area contributed by atoms with Crippen molar-refractivity contribution in [3.8, 4) is 5.88 Å². The highest BCUT2D eigenvalue weighted by molar-refractivity contribution is 6.30. The number of amides is 2. The fourth-order valence-electron chi connectivity index (χ4n) is 2.49. The summed E-state index contributed by atoms with van der Waals surface area (Å²) in [4.78, 5) is 33.9. The van der Waals surface area contributed by atoms with Crippen LogP contribution in [0.4, 0.5) is 10.5 Å².